The van der Waals surface area contributed by atoms with Gasteiger partial charge in [-0.15, -0.1) is 0 Å². The molecule has 0 fully saturated rings. The monoisotopic (exact) mass is 248 g/mol. The molecule has 0 radical (unpaired) electrons. The van der Waals surface area contributed by atoms with Gasteiger partial charge in [-0.25, -0.2) is 9.37 Å². The Bertz CT molecular complexity index is 610. The molecule has 1 unspecified atom stereocenters. The van der Waals surface area contributed by atoms with Crippen LogP contribution in [-0.4, -0.2) is 14.7 Å². The number of hydrogen-bond acceptors (Lipinski definition) is 3. The van der Waals surface area contributed by atoms with Crippen LogP contribution in [0, 0.1) is 12.7 Å². The molecule has 1 N–H and O–H groups in total. The van der Waals surface area contributed by atoms with Gasteiger partial charge >= 0.3 is 0 Å². The summed E-state index contributed by atoms with van der Waals surface area (Å²) in [4.78, 5) is 15.6. The van der Waals surface area contributed by atoms with Crippen molar-refractivity contribution in [2.24, 2.45) is 0 Å². The summed E-state index contributed by atoms with van der Waals surface area (Å²) in [6.07, 6.45) is 0.273. The summed E-state index contributed by atoms with van der Waals surface area (Å²) in [5.74, 6) is -0.488. The molecular weight excluding hydrogens is 235 g/mol. The fourth-order valence-electron chi connectivity index (χ4n) is 1.68. The fourth-order valence-corrected chi connectivity index (χ4v) is 1.68. The SMILES string of the molecule is Cc1cc(=O)n(CC(O)c2ccccc2F)cn1. The van der Waals surface area contributed by atoms with Crippen LogP contribution in [-0.2, 0) is 6.54 Å². The molecule has 0 bridgehead atoms. The van der Waals surface area contributed by atoms with Crippen LogP contribution in [0.15, 0.2) is 41.5 Å². The molecule has 2 rings (SSSR count). The zero-order valence-electron chi connectivity index (χ0n) is 9.88. The zero-order valence-corrected chi connectivity index (χ0v) is 9.88. The number of rotatable bonds is 3. The van der Waals surface area contributed by atoms with Crippen molar-refractivity contribution in [3.8, 4) is 0 Å². The Kier molecular flexibility index (Phi) is 3.53. The first-order valence-corrected chi connectivity index (χ1v) is 5.53. The second kappa shape index (κ2) is 5.10. The second-order valence-electron chi connectivity index (χ2n) is 4.06. The van der Waals surface area contributed by atoms with Gasteiger partial charge < -0.3 is 5.11 Å². The second-order valence-corrected chi connectivity index (χ2v) is 4.06. The highest BCUT2D eigenvalue weighted by atomic mass is 19.1. The van der Waals surface area contributed by atoms with Gasteiger partial charge in [0.25, 0.3) is 5.56 Å². The molecule has 1 atom stereocenters. The Morgan fingerprint density at radius 2 is 2.17 bits per heavy atom. The zero-order chi connectivity index (χ0) is 13.1. The van der Waals surface area contributed by atoms with E-state index < -0.39 is 11.9 Å². The Labute approximate surface area is 103 Å². The summed E-state index contributed by atoms with van der Waals surface area (Å²) in [7, 11) is 0. The molecule has 0 aliphatic carbocycles. The first kappa shape index (κ1) is 12.4. The summed E-state index contributed by atoms with van der Waals surface area (Å²) in [6.45, 7) is 1.69. The van der Waals surface area contributed by atoms with Crippen LogP contribution in [0.1, 0.15) is 17.4 Å². The third-order valence-electron chi connectivity index (χ3n) is 2.65. The summed E-state index contributed by atoms with van der Waals surface area (Å²) >= 11 is 0. The van der Waals surface area contributed by atoms with Crippen LogP contribution in [0.5, 0.6) is 0 Å². The minimum Gasteiger partial charge on any atom is -0.386 e. The van der Waals surface area contributed by atoms with E-state index in [0.29, 0.717) is 5.69 Å². The molecule has 0 amide bonds. The molecule has 0 spiro atoms. The summed E-state index contributed by atoms with van der Waals surface area (Å²) < 4.78 is 14.7. The maximum Gasteiger partial charge on any atom is 0.253 e. The molecule has 1 aromatic heterocycles. The van der Waals surface area contributed by atoms with Crippen LogP contribution in [0.2, 0.25) is 0 Å². The molecule has 5 heteroatoms. The Morgan fingerprint density at radius 1 is 1.44 bits per heavy atom. The van der Waals surface area contributed by atoms with Gasteiger partial charge in [0.1, 0.15) is 5.82 Å². The lowest BCUT2D eigenvalue weighted by molar-refractivity contribution is 0.150. The Balaban J connectivity index is 2.24. The van der Waals surface area contributed by atoms with Crippen LogP contribution in [0.25, 0.3) is 0 Å². The van der Waals surface area contributed by atoms with Gasteiger partial charge in [0.2, 0.25) is 0 Å². The molecule has 0 aliphatic rings. The maximum atomic E-state index is 13.4. The summed E-state index contributed by atoms with van der Waals surface area (Å²) in [6, 6.07) is 7.32. The van der Waals surface area contributed by atoms with E-state index in [1.807, 2.05) is 0 Å². The van der Waals surface area contributed by atoms with Crippen molar-refractivity contribution in [1.29, 1.82) is 0 Å². The largest absolute Gasteiger partial charge is 0.386 e. The standard InChI is InChI=1S/C13H13FN2O2/c1-9-6-13(18)16(8-15-9)7-12(17)10-4-2-3-5-11(10)14/h2-6,8,12,17H,7H2,1H3. The summed E-state index contributed by atoms with van der Waals surface area (Å²) in [5, 5.41) is 9.92. The Morgan fingerprint density at radius 3 is 2.83 bits per heavy atom. The third-order valence-corrected chi connectivity index (χ3v) is 2.65. The first-order chi connectivity index (χ1) is 8.58. The fraction of sp³-hybridized carbons (Fsp3) is 0.231. The molecule has 0 aliphatic heterocycles. The number of halogens is 1. The van der Waals surface area contributed by atoms with Crippen molar-refractivity contribution in [3.63, 3.8) is 0 Å². The van der Waals surface area contributed by atoms with E-state index in [2.05, 4.69) is 4.98 Å². The highest BCUT2D eigenvalue weighted by molar-refractivity contribution is 5.19. The number of benzene rings is 1. The van der Waals surface area contributed by atoms with E-state index in [0.717, 1.165) is 0 Å². The van der Waals surface area contributed by atoms with Crippen LogP contribution >= 0.6 is 0 Å². The van der Waals surface area contributed by atoms with Gasteiger partial charge in [0.05, 0.1) is 19.0 Å². The van der Waals surface area contributed by atoms with Gasteiger partial charge in [-0.3, -0.25) is 9.36 Å². The number of aliphatic hydroxyl groups excluding tert-OH is 1. The molecular formula is C13H13FN2O2. The molecule has 1 heterocycles. The average Bonchev–Trinajstić information content (AvgIpc) is 2.33. The smallest absolute Gasteiger partial charge is 0.253 e. The van der Waals surface area contributed by atoms with E-state index in [9.17, 15) is 14.3 Å². The molecule has 1 aromatic carbocycles. The number of aliphatic hydroxyl groups is 1. The number of aromatic nitrogens is 2. The lowest BCUT2D eigenvalue weighted by Gasteiger charge is -2.13. The molecule has 94 valence electrons. The molecule has 4 nitrogen and oxygen atoms in total. The van der Waals surface area contributed by atoms with E-state index in [-0.39, 0.29) is 17.7 Å². The van der Waals surface area contributed by atoms with Crippen molar-refractivity contribution in [2.45, 2.75) is 19.6 Å². The average molecular weight is 248 g/mol. The molecule has 18 heavy (non-hydrogen) atoms. The van der Waals surface area contributed by atoms with Gasteiger partial charge in [-0.2, -0.15) is 0 Å². The van der Waals surface area contributed by atoms with E-state index in [4.69, 9.17) is 0 Å². The van der Waals surface area contributed by atoms with Gasteiger partial charge in [-0.05, 0) is 13.0 Å². The molecule has 2 aromatic rings. The number of aryl methyl sites for hydroxylation is 1. The highest BCUT2D eigenvalue weighted by Crippen LogP contribution is 2.17. The van der Waals surface area contributed by atoms with Gasteiger partial charge in [-0.1, -0.05) is 18.2 Å². The van der Waals surface area contributed by atoms with Crippen LogP contribution in [0.3, 0.4) is 0 Å². The number of nitrogens with zero attached hydrogens (tertiary/aromatic N) is 2. The highest BCUT2D eigenvalue weighted by Gasteiger charge is 2.13. The van der Waals surface area contributed by atoms with Crippen molar-refractivity contribution in [2.75, 3.05) is 0 Å². The van der Waals surface area contributed by atoms with Gasteiger partial charge in [0.15, 0.2) is 0 Å². The van der Waals surface area contributed by atoms with E-state index >= 15 is 0 Å². The minimum atomic E-state index is -1.08. The number of hydrogen-bond donors (Lipinski definition) is 1. The summed E-state index contributed by atoms with van der Waals surface area (Å²) in [5.41, 5.74) is 0.513. The lowest BCUT2D eigenvalue weighted by Crippen LogP contribution is -2.23. The van der Waals surface area contributed by atoms with E-state index in [1.165, 1.54) is 29.1 Å². The van der Waals surface area contributed by atoms with E-state index in [1.54, 1.807) is 19.1 Å². The Hall–Kier alpha value is -2.01. The van der Waals surface area contributed by atoms with Crippen LogP contribution in [0.4, 0.5) is 4.39 Å². The molecule has 0 saturated heterocycles. The van der Waals surface area contributed by atoms with Gasteiger partial charge in [0, 0.05) is 17.3 Å². The maximum absolute atomic E-state index is 13.4. The van der Waals surface area contributed by atoms with Crippen LogP contribution < -0.4 is 5.56 Å². The predicted molar refractivity (Wildman–Crippen MR) is 64.6 cm³/mol. The first-order valence-electron chi connectivity index (χ1n) is 5.53. The third kappa shape index (κ3) is 2.62. The lowest BCUT2D eigenvalue weighted by atomic mass is 10.1. The van der Waals surface area contributed by atoms with Crippen molar-refractivity contribution < 1.29 is 9.50 Å². The van der Waals surface area contributed by atoms with Crippen molar-refractivity contribution in [1.82, 2.24) is 9.55 Å². The predicted octanol–water partition coefficient (Wildman–Crippen LogP) is 1.42. The quantitative estimate of drug-likeness (QED) is 0.893. The topological polar surface area (TPSA) is 55.1 Å². The molecule has 0 saturated carbocycles. The van der Waals surface area contributed by atoms with Crippen molar-refractivity contribution in [3.05, 3.63) is 64.1 Å². The van der Waals surface area contributed by atoms with Crippen molar-refractivity contribution >= 4 is 0 Å². The normalized spacial score (nSPS) is 12.4. The minimum absolute atomic E-state index is 0.0208.